The van der Waals surface area contributed by atoms with Gasteiger partial charge in [0, 0.05) is 43.4 Å². The molecule has 8 heteroatoms. The van der Waals surface area contributed by atoms with E-state index in [-0.39, 0.29) is 16.4 Å². The van der Waals surface area contributed by atoms with Crippen LogP contribution in [-0.4, -0.2) is 41.5 Å². The summed E-state index contributed by atoms with van der Waals surface area (Å²) in [5.74, 6) is 0.937. The Balaban J connectivity index is 1.79. The van der Waals surface area contributed by atoms with E-state index in [1.807, 2.05) is 12.1 Å². The quantitative estimate of drug-likeness (QED) is 0.816. The number of ketones is 1. The molecule has 1 aliphatic heterocycles. The molecule has 1 aliphatic rings. The van der Waals surface area contributed by atoms with E-state index in [0.717, 1.165) is 5.69 Å². The second-order valence-corrected chi connectivity index (χ2v) is 7.85. The van der Waals surface area contributed by atoms with E-state index < -0.39 is 10.0 Å². The first-order valence-corrected chi connectivity index (χ1v) is 10.0. The fourth-order valence-corrected chi connectivity index (χ4v) is 4.20. The molecule has 0 aliphatic carbocycles. The van der Waals surface area contributed by atoms with Crippen molar-refractivity contribution in [2.45, 2.75) is 17.7 Å². The van der Waals surface area contributed by atoms with Crippen LogP contribution in [0.15, 0.2) is 47.4 Å². The fraction of sp³-hybridized carbons (Fsp3) is 0.316. The van der Waals surface area contributed by atoms with E-state index in [0.29, 0.717) is 37.4 Å². The van der Waals surface area contributed by atoms with E-state index in [4.69, 9.17) is 9.47 Å². The molecule has 0 spiro atoms. The second-order valence-electron chi connectivity index (χ2n) is 6.19. The van der Waals surface area contributed by atoms with Crippen LogP contribution in [0.4, 0.5) is 11.4 Å². The average molecular weight is 390 g/mol. The van der Waals surface area contributed by atoms with Crippen LogP contribution >= 0.6 is 0 Å². The molecule has 27 heavy (non-hydrogen) atoms. The molecule has 144 valence electrons. The van der Waals surface area contributed by atoms with Gasteiger partial charge in [0.15, 0.2) is 0 Å². The lowest BCUT2D eigenvalue weighted by Crippen LogP contribution is -2.33. The maximum Gasteiger partial charge on any atom is 0.265 e. The third kappa shape index (κ3) is 4.33. The summed E-state index contributed by atoms with van der Waals surface area (Å²) in [5, 5.41) is 0. The van der Waals surface area contributed by atoms with Gasteiger partial charge in [0.1, 0.15) is 22.2 Å². The van der Waals surface area contributed by atoms with Gasteiger partial charge in [0.25, 0.3) is 10.0 Å². The van der Waals surface area contributed by atoms with Gasteiger partial charge in [-0.15, -0.1) is 0 Å². The molecule has 0 amide bonds. The zero-order chi connectivity index (χ0) is 19.4. The van der Waals surface area contributed by atoms with Gasteiger partial charge in [-0.25, -0.2) is 8.42 Å². The summed E-state index contributed by atoms with van der Waals surface area (Å²) in [5.41, 5.74) is 1.40. The van der Waals surface area contributed by atoms with Crippen LogP contribution < -0.4 is 19.1 Å². The molecule has 2 aromatic carbocycles. The van der Waals surface area contributed by atoms with Crippen LogP contribution in [0.2, 0.25) is 0 Å². The maximum atomic E-state index is 12.8. The fourth-order valence-electron chi connectivity index (χ4n) is 2.96. The first-order chi connectivity index (χ1) is 12.9. The molecule has 7 nitrogen and oxygen atoms in total. The zero-order valence-electron chi connectivity index (χ0n) is 15.3. The molecule has 0 radical (unpaired) electrons. The molecule has 1 heterocycles. The molecule has 1 N–H and O–H groups in total. The van der Waals surface area contributed by atoms with Crippen molar-refractivity contribution in [2.24, 2.45) is 0 Å². The molecule has 3 rings (SSSR count). The number of carbonyl (C=O) groups excluding carboxylic acids is 1. The van der Waals surface area contributed by atoms with Gasteiger partial charge >= 0.3 is 0 Å². The summed E-state index contributed by atoms with van der Waals surface area (Å²) in [6.45, 7) is 1.37. The molecule has 2 aromatic rings. The molecule has 1 saturated heterocycles. The van der Waals surface area contributed by atoms with Crippen molar-refractivity contribution in [2.75, 3.05) is 36.9 Å². The molecular formula is C19H22N2O5S. The molecular weight excluding hydrogens is 368 g/mol. The average Bonchev–Trinajstić information content (AvgIpc) is 2.68. The molecule has 0 unspecified atom stereocenters. The van der Waals surface area contributed by atoms with E-state index in [1.165, 1.54) is 20.3 Å². The Labute approximate surface area is 158 Å². The Kier molecular flexibility index (Phi) is 5.55. The highest BCUT2D eigenvalue weighted by molar-refractivity contribution is 7.92. The molecule has 1 fully saturated rings. The molecule has 0 atom stereocenters. The van der Waals surface area contributed by atoms with Crippen LogP contribution in [0.1, 0.15) is 12.8 Å². The highest BCUT2D eigenvalue weighted by Gasteiger charge is 2.21. The molecule has 0 aromatic heterocycles. The van der Waals surface area contributed by atoms with Crippen molar-refractivity contribution in [3.8, 4) is 11.5 Å². The van der Waals surface area contributed by atoms with Crippen LogP contribution in [-0.2, 0) is 14.8 Å². The third-order valence-electron chi connectivity index (χ3n) is 4.47. The van der Waals surface area contributed by atoms with E-state index >= 15 is 0 Å². The number of carbonyl (C=O) groups is 1. The van der Waals surface area contributed by atoms with Gasteiger partial charge in [0.2, 0.25) is 0 Å². The normalized spacial score (nSPS) is 14.7. The van der Waals surface area contributed by atoms with Crippen molar-refractivity contribution in [1.29, 1.82) is 0 Å². The SMILES string of the molecule is COc1ccc(OC)c(S(=O)(=O)Nc2ccc(N3CCC(=O)CC3)cc2)c1. The number of rotatable bonds is 6. The van der Waals surface area contributed by atoms with Gasteiger partial charge in [-0.2, -0.15) is 0 Å². The van der Waals surface area contributed by atoms with E-state index in [9.17, 15) is 13.2 Å². The Bertz CT molecular complexity index is 916. The Morgan fingerprint density at radius 2 is 1.63 bits per heavy atom. The first kappa shape index (κ1) is 19.0. The van der Waals surface area contributed by atoms with Gasteiger partial charge in [-0.3, -0.25) is 9.52 Å². The number of nitrogens with one attached hydrogen (secondary N) is 1. The van der Waals surface area contributed by atoms with Crippen LogP contribution in [0.3, 0.4) is 0 Å². The van der Waals surface area contributed by atoms with Gasteiger partial charge in [0.05, 0.1) is 14.2 Å². The van der Waals surface area contributed by atoms with Crippen molar-refractivity contribution in [3.05, 3.63) is 42.5 Å². The van der Waals surface area contributed by atoms with Gasteiger partial charge < -0.3 is 14.4 Å². The van der Waals surface area contributed by atoms with Crippen molar-refractivity contribution < 1.29 is 22.7 Å². The smallest absolute Gasteiger partial charge is 0.265 e. The van der Waals surface area contributed by atoms with Crippen LogP contribution in [0.25, 0.3) is 0 Å². The summed E-state index contributed by atoms with van der Waals surface area (Å²) in [7, 11) is -0.961. The zero-order valence-corrected chi connectivity index (χ0v) is 16.1. The van der Waals surface area contributed by atoms with Gasteiger partial charge in [-0.1, -0.05) is 0 Å². The van der Waals surface area contributed by atoms with E-state index in [2.05, 4.69) is 9.62 Å². The summed E-state index contributed by atoms with van der Waals surface area (Å²) >= 11 is 0. The lowest BCUT2D eigenvalue weighted by atomic mass is 10.1. The number of sulfonamides is 1. The topological polar surface area (TPSA) is 84.9 Å². The number of piperidine rings is 1. The summed E-state index contributed by atoms with van der Waals surface area (Å²) < 4.78 is 38.4. The summed E-state index contributed by atoms with van der Waals surface area (Å²) in [6.07, 6.45) is 1.09. The van der Waals surface area contributed by atoms with Crippen LogP contribution in [0, 0.1) is 0 Å². The largest absolute Gasteiger partial charge is 0.497 e. The van der Waals surface area contributed by atoms with Crippen LogP contribution in [0.5, 0.6) is 11.5 Å². The number of methoxy groups -OCH3 is 2. The highest BCUT2D eigenvalue weighted by Crippen LogP contribution is 2.30. The Morgan fingerprint density at radius 3 is 2.22 bits per heavy atom. The van der Waals surface area contributed by atoms with E-state index in [1.54, 1.807) is 24.3 Å². The number of hydrogen-bond acceptors (Lipinski definition) is 6. The number of Topliss-reactive ketones (excluding diaryl/α,β-unsaturated/α-hetero) is 1. The highest BCUT2D eigenvalue weighted by atomic mass is 32.2. The van der Waals surface area contributed by atoms with Crippen molar-refractivity contribution in [3.63, 3.8) is 0 Å². The minimum atomic E-state index is -3.85. The standard InChI is InChI=1S/C19H22N2O5S/c1-25-17-7-8-18(26-2)19(13-17)27(23,24)20-14-3-5-15(6-4-14)21-11-9-16(22)10-12-21/h3-8,13,20H,9-12H2,1-2H3. The Morgan fingerprint density at radius 1 is 0.963 bits per heavy atom. The number of nitrogens with zero attached hydrogens (tertiary/aromatic N) is 1. The minimum absolute atomic E-state index is 0.00275. The number of benzene rings is 2. The third-order valence-corrected chi connectivity index (χ3v) is 5.87. The first-order valence-electron chi connectivity index (χ1n) is 8.54. The summed E-state index contributed by atoms with van der Waals surface area (Å²) in [4.78, 5) is 13.5. The lowest BCUT2D eigenvalue weighted by molar-refractivity contribution is -0.119. The monoisotopic (exact) mass is 390 g/mol. The predicted octanol–water partition coefficient (Wildman–Crippen LogP) is 2.67. The van der Waals surface area contributed by atoms with Gasteiger partial charge in [-0.05, 0) is 36.4 Å². The minimum Gasteiger partial charge on any atom is -0.497 e. The number of anilines is 2. The summed E-state index contributed by atoms with van der Waals surface area (Å²) in [6, 6.07) is 11.7. The second kappa shape index (κ2) is 7.87. The Hall–Kier alpha value is -2.74. The number of hydrogen-bond donors (Lipinski definition) is 1. The van der Waals surface area contributed by atoms with Crippen molar-refractivity contribution in [1.82, 2.24) is 0 Å². The molecule has 0 bridgehead atoms. The lowest BCUT2D eigenvalue weighted by Gasteiger charge is -2.28. The van der Waals surface area contributed by atoms with Crippen molar-refractivity contribution >= 4 is 27.2 Å². The number of ether oxygens (including phenoxy) is 2. The molecule has 0 saturated carbocycles. The predicted molar refractivity (Wildman–Crippen MR) is 103 cm³/mol. The maximum absolute atomic E-state index is 12.8.